The summed E-state index contributed by atoms with van der Waals surface area (Å²) in [6.45, 7) is 6.72. The van der Waals surface area contributed by atoms with E-state index in [2.05, 4.69) is 50.4 Å². The number of rotatable bonds is 7. The number of anilines is 1. The van der Waals surface area contributed by atoms with Crippen LogP contribution in [0.15, 0.2) is 29.6 Å². The Morgan fingerprint density at radius 3 is 2.85 bits per heavy atom. The minimum atomic E-state index is 0.384. The number of carbonyl (C=O) groups excluding carboxylic acids is 1. The zero-order valence-electron chi connectivity index (χ0n) is 15.4. The summed E-state index contributed by atoms with van der Waals surface area (Å²) in [5, 5.41) is 9.27. The van der Waals surface area contributed by atoms with Gasteiger partial charge in [0.05, 0.1) is 30.0 Å². The minimum absolute atomic E-state index is 0.384. The van der Waals surface area contributed by atoms with Crippen molar-refractivity contribution in [3.63, 3.8) is 0 Å². The second kappa shape index (κ2) is 9.02. The first-order chi connectivity index (χ1) is 12.9. The van der Waals surface area contributed by atoms with Gasteiger partial charge in [0, 0.05) is 20.3 Å². The maximum Gasteiger partial charge on any atom is 0.215 e. The van der Waals surface area contributed by atoms with Gasteiger partial charge >= 0.3 is 0 Å². The fourth-order valence-corrected chi connectivity index (χ4v) is 2.93. The molecule has 0 unspecified atom stereocenters. The third-order valence-corrected chi connectivity index (χ3v) is 4.55. The first-order valence-electron chi connectivity index (χ1n) is 8.02. The molecule has 2 aromatic rings. The Balaban J connectivity index is 2.44. The fraction of sp³-hybridized carbons (Fsp3) is 0.263. The van der Waals surface area contributed by atoms with E-state index in [-0.39, 0.29) is 0 Å². The number of hydrogen-bond donors (Lipinski definition) is 0. The molecule has 2 aromatic heterocycles. The number of halogens is 1. The molecule has 2 rings (SSSR count). The molecule has 0 aliphatic rings. The lowest BCUT2D eigenvalue weighted by Crippen LogP contribution is -2.22. The van der Waals surface area contributed by atoms with Crippen LogP contribution in [0.2, 0.25) is 0 Å². The molecule has 0 bridgehead atoms. The van der Waals surface area contributed by atoms with Gasteiger partial charge in [-0.3, -0.25) is 9.78 Å². The van der Waals surface area contributed by atoms with Gasteiger partial charge in [-0.25, -0.2) is 4.98 Å². The number of imidazole rings is 1. The van der Waals surface area contributed by atoms with Gasteiger partial charge in [-0.1, -0.05) is 12.5 Å². The first kappa shape index (κ1) is 20.2. The molecule has 2 heterocycles. The quantitative estimate of drug-likeness (QED) is 0.502. The van der Waals surface area contributed by atoms with Gasteiger partial charge in [-0.2, -0.15) is 5.26 Å². The van der Waals surface area contributed by atoms with Gasteiger partial charge in [0.1, 0.15) is 11.8 Å². The molecule has 0 fully saturated rings. The molecule has 138 valence electrons. The van der Waals surface area contributed by atoms with Crippen molar-refractivity contribution in [3.8, 4) is 17.9 Å². The maximum atomic E-state index is 11.3. The van der Waals surface area contributed by atoms with E-state index in [4.69, 9.17) is 0 Å². The van der Waals surface area contributed by atoms with Gasteiger partial charge in [0.2, 0.25) is 6.41 Å². The average molecular weight is 427 g/mol. The van der Waals surface area contributed by atoms with Crippen LogP contribution in [0.25, 0.3) is 5.70 Å². The van der Waals surface area contributed by atoms with E-state index >= 15 is 0 Å². The van der Waals surface area contributed by atoms with Crippen LogP contribution in [0.4, 0.5) is 5.82 Å². The van der Waals surface area contributed by atoms with Crippen molar-refractivity contribution < 1.29 is 4.79 Å². The van der Waals surface area contributed by atoms with Crippen molar-refractivity contribution in [1.29, 1.82) is 5.26 Å². The molecular weight excluding hydrogens is 408 g/mol. The van der Waals surface area contributed by atoms with Gasteiger partial charge in [0.15, 0.2) is 10.6 Å². The molecule has 0 saturated carbocycles. The number of amides is 1. The van der Waals surface area contributed by atoms with Crippen LogP contribution in [0.1, 0.15) is 23.9 Å². The minimum Gasteiger partial charge on any atom is -0.367 e. The molecule has 0 aliphatic heterocycles. The summed E-state index contributed by atoms with van der Waals surface area (Å²) in [5.41, 5.74) is 2.45. The number of hydrogen-bond acceptors (Lipinski definition) is 5. The number of pyridine rings is 1. The lowest BCUT2D eigenvalue weighted by atomic mass is 10.2. The summed E-state index contributed by atoms with van der Waals surface area (Å²) >= 11 is 3.43. The summed E-state index contributed by atoms with van der Waals surface area (Å²) in [7, 11) is 3.47. The van der Waals surface area contributed by atoms with E-state index in [1.54, 1.807) is 32.3 Å². The molecule has 1 amide bonds. The highest BCUT2D eigenvalue weighted by Gasteiger charge is 2.23. The van der Waals surface area contributed by atoms with Crippen LogP contribution in [-0.4, -0.2) is 39.9 Å². The monoisotopic (exact) mass is 426 g/mol. The molecule has 0 atom stereocenters. The molecule has 0 radical (unpaired) electrons. The van der Waals surface area contributed by atoms with E-state index < -0.39 is 0 Å². The third-order valence-electron chi connectivity index (χ3n) is 3.94. The Hall–Kier alpha value is -3.10. The van der Waals surface area contributed by atoms with Gasteiger partial charge in [-0.05, 0) is 35.0 Å². The Morgan fingerprint density at radius 1 is 1.48 bits per heavy atom. The second-order valence-electron chi connectivity index (χ2n) is 5.69. The van der Waals surface area contributed by atoms with Gasteiger partial charge in [-0.15, -0.1) is 5.92 Å². The molecule has 0 aromatic carbocycles. The average Bonchev–Trinajstić information content (AvgIpc) is 3.01. The van der Waals surface area contributed by atoms with Crippen molar-refractivity contribution in [2.45, 2.75) is 20.0 Å². The topological polar surface area (TPSA) is 78.1 Å². The van der Waals surface area contributed by atoms with Crippen LogP contribution < -0.4 is 4.90 Å². The highest BCUT2D eigenvalue weighted by Crippen LogP contribution is 2.31. The highest BCUT2D eigenvalue weighted by atomic mass is 79.9. The summed E-state index contributed by atoms with van der Waals surface area (Å²) in [5.74, 6) is 6.32. The number of nitrogens with zero attached hydrogens (tertiary/aromatic N) is 6. The van der Waals surface area contributed by atoms with E-state index in [0.29, 0.717) is 52.7 Å². The van der Waals surface area contributed by atoms with E-state index in [1.807, 2.05) is 16.5 Å². The lowest BCUT2D eigenvalue weighted by molar-refractivity contribution is -0.107. The normalized spacial score (nSPS) is 9.74. The zero-order valence-corrected chi connectivity index (χ0v) is 17.0. The molecule has 0 aliphatic carbocycles. The van der Waals surface area contributed by atoms with Gasteiger partial charge in [0.25, 0.3) is 0 Å². The molecule has 7 nitrogen and oxygen atoms in total. The first-order valence-corrected chi connectivity index (χ1v) is 8.82. The molecule has 0 N–H and O–H groups in total. The van der Waals surface area contributed by atoms with Crippen LogP contribution >= 0.6 is 15.9 Å². The number of aromatic nitrogens is 3. The predicted octanol–water partition coefficient (Wildman–Crippen LogP) is 2.63. The molecule has 27 heavy (non-hydrogen) atoms. The summed E-state index contributed by atoms with van der Waals surface area (Å²) in [4.78, 5) is 23.3. The summed E-state index contributed by atoms with van der Waals surface area (Å²) in [6.07, 6.45) is 2.34. The third kappa shape index (κ3) is 4.36. The van der Waals surface area contributed by atoms with E-state index in [9.17, 15) is 10.1 Å². The molecule has 8 heteroatoms. The second-order valence-corrected chi connectivity index (χ2v) is 6.40. The van der Waals surface area contributed by atoms with Crippen molar-refractivity contribution in [2.75, 3.05) is 19.0 Å². The Labute approximate surface area is 167 Å². The molecule has 0 saturated heterocycles. The summed E-state index contributed by atoms with van der Waals surface area (Å²) < 4.78 is 2.39. The Morgan fingerprint density at radius 2 is 2.22 bits per heavy atom. The fourth-order valence-electron chi connectivity index (χ4n) is 2.46. The standard InChI is InChI=1S/C19H19BrN6O/c1-5-6-10-26-17(18(23-19(26)20)25(4)13-27)14(2)24(3)12-16-15(11-21)8-7-9-22-16/h7-9,13H,2,10,12H2,1,3-4H3. The SMILES string of the molecule is C=C(c1c(N(C)C=O)nc(Br)n1CC#CC)N(C)Cc1ncccc1C#N. The maximum absolute atomic E-state index is 11.3. The highest BCUT2D eigenvalue weighted by molar-refractivity contribution is 9.10. The van der Waals surface area contributed by atoms with Crippen molar-refractivity contribution >= 4 is 33.9 Å². The van der Waals surface area contributed by atoms with Crippen LogP contribution in [0, 0.1) is 23.2 Å². The largest absolute Gasteiger partial charge is 0.367 e. The lowest BCUT2D eigenvalue weighted by Gasteiger charge is -2.24. The Bertz CT molecular complexity index is 963. The molecular formula is C19H19BrN6O. The van der Waals surface area contributed by atoms with Crippen molar-refractivity contribution in [1.82, 2.24) is 19.4 Å². The number of nitriles is 1. The zero-order chi connectivity index (χ0) is 20.0. The smallest absolute Gasteiger partial charge is 0.215 e. The summed E-state index contributed by atoms with van der Waals surface area (Å²) in [6, 6.07) is 5.60. The molecule has 0 spiro atoms. The Kier molecular flexibility index (Phi) is 6.75. The van der Waals surface area contributed by atoms with Crippen molar-refractivity contribution in [2.24, 2.45) is 0 Å². The van der Waals surface area contributed by atoms with Crippen molar-refractivity contribution in [3.05, 3.63) is 46.6 Å². The van der Waals surface area contributed by atoms with E-state index in [0.717, 1.165) is 0 Å². The van der Waals surface area contributed by atoms with E-state index in [1.165, 1.54) is 4.90 Å². The van der Waals surface area contributed by atoms with Gasteiger partial charge < -0.3 is 14.4 Å². The predicted molar refractivity (Wildman–Crippen MR) is 107 cm³/mol. The van der Waals surface area contributed by atoms with Crippen LogP contribution in [0.5, 0.6) is 0 Å². The number of carbonyl (C=O) groups is 1. The van der Waals surface area contributed by atoms with Crippen LogP contribution in [-0.2, 0) is 17.9 Å². The van der Waals surface area contributed by atoms with Crippen LogP contribution in [0.3, 0.4) is 0 Å².